The number of piperidine rings is 1. The molecule has 0 bridgehead atoms. The average molecular weight is 481 g/mol. The van der Waals surface area contributed by atoms with Crippen molar-refractivity contribution in [1.29, 1.82) is 0 Å². The van der Waals surface area contributed by atoms with Crippen LogP contribution in [0.3, 0.4) is 0 Å². The summed E-state index contributed by atoms with van der Waals surface area (Å²) in [5.74, 6) is 0.437. The zero-order valence-corrected chi connectivity index (χ0v) is 20.3. The van der Waals surface area contributed by atoms with Gasteiger partial charge in [0.1, 0.15) is 11.6 Å². The zero-order valence-electron chi connectivity index (χ0n) is 18.6. The fourth-order valence-corrected chi connectivity index (χ4v) is 5.95. The number of benzene rings is 1. The van der Waals surface area contributed by atoms with Gasteiger partial charge in [0.25, 0.3) is 0 Å². The number of carbonyl (C=O) groups excluding carboxylic acids is 1. The highest BCUT2D eigenvalue weighted by molar-refractivity contribution is 7.90. The van der Waals surface area contributed by atoms with Crippen LogP contribution in [-0.4, -0.2) is 60.5 Å². The lowest BCUT2D eigenvalue weighted by Gasteiger charge is -2.36. The maximum atomic E-state index is 14.5. The summed E-state index contributed by atoms with van der Waals surface area (Å²) in [7, 11) is -3.46. The van der Waals surface area contributed by atoms with Crippen LogP contribution in [0.4, 0.5) is 9.52 Å². The first-order valence-corrected chi connectivity index (χ1v) is 13.7. The first-order chi connectivity index (χ1) is 15.1. The number of carbonyl (C=O) groups is 1. The van der Waals surface area contributed by atoms with Crippen molar-refractivity contribution in [3.8, 4) is 0 Å². The lowest BCUT2D eigenvalue weighted by Crippen LogP contribution is -2.46. The van der Waals surface area contributed by atoms with Crippen molar-refractivity contribution in [3.05, 3.63) is 35.4 Å². The van der Waals surface area contributed by atoms with E-state index in [1.807, 2.05) is 4.90 Å². The third-order valence-corrected chi connectivity index (χ3v) is 8.29. The fourth-order valence-electron chi connectivity index (χ4n) is 4.46. The summed E-state index contributed by atoms with van der Waals surface area (Å²) >= 11 is 1.43. The molecule has 2 aliphatic rings. The van der Waals surface area contributed by atoms with E-state index in [-0.39, 0.29) is 22.8 Å². The summed E-state index contributed by atoms with van der Waals surface area (Å²) in [5, 5.41) is 0.950. The molecule has 0 spiro atoms. The monoisotopic (exact) mass is 480 g/mol. The summed E-state index contributed by atoms with van der Waals surface area (Å²) in [6.45, 7) is 6.53. The van der Waals surface area contributed by atoms with Crippen LogP contribution in [0.25, 0.3) is 0 Å². The van der Waals surface area contributed by atoms with E-state index < -0.39 is 15.7 Å². The van der Waals surface area contributed by atoms with E-state index in [2.05, 4.69) is 28.1 Å². The molecule has 174 valence electrons. The van der Waals surface area contributed by atoms with Crippen molar-refractivity contribution in [2.45, 2.75) is 56.4 Å². The van der Waals surface area contributed by atoms with Gasteiger partial charge in [0.05, 0.1) is 4.90 Å². The Kier molecular flexibility index (Phi) is 6.53. The molecule has 2 aromatic rings. The smallest absolute Gasteiger partial charge is 0.226 e. The van der Waals surface area contributed by atoms with Crippen LogP contribution < -0.4 is 4.90 Å². The number of hydrogen-bond acceptors (Lipinski definition) is 7. The lowest BCUT2D eigenvalue weighted by atomic mass is 9.97. The molecule has 0 unspecified atom stereocenters. The summed E-state index contributed by atoms with van der Waals surface area (Å²) in [6.07, 6.45) is 3.81. The Balaban J connectivity index is 1.35. The summed E-state index contributed by atoms with van der Waals surface area (Å²) in [6, 6.07) is 4.15. The minimum absolute atomic E-state index is 0.0409. The largest absolute Gasteiger partial charge is 0.347 e. The topological polar surface area (TPSA) is 83.5 Å². The molecule has 1 amide bonds. The number of sulfone groups is 1. The first-order valence-electron chi connectivity index (χ1n) is 11.0. The predicted octanol–water partition coefficient (Wildman–Crippen LogP) is 3.26. The van der Waals surface area contributed by atoms with Crippen LogP contribution in [0, 0.1) is 11.7 Å². The molecule has 2 aliphatic heterocycles. The van der Waals surface area contributed by atoms with E-state index in [1.54, 1.807) is 0 Å². The quantitative estimate of drug-likeness (QED) is 0.631. The van der Waals surface area contributed by atoms with Crippen molar-refractivity contribution >= 4 is 32.4 Å². The zero-order chi connectivity index (χ0) is 23.0. The molecular formula is C22H29FN4O3S2. The van der Waals surface area contributed by atoms with Gasteiger partial charge in [0, 0.05) is 55.3 Å². The second-order valence-corrected chi connectivity index (χ2v) is 11.8. The number of aromatic nitrogens is 2. The van der Waals surface area contributed by atoms with Crippen LogP contribution in [0.5, 0.6) is 0 Å². The molecule has 0 saturated carbocycles. The normalized spacial score (nSPS) is 20.5. The number of anilines is 1. The second kappa shape index (κ2) is 9.05. The van der Waals surface area contributed by atoms with Crippen molar-refractivity contribution < 1.29 is 17.6 Å². The molecule has 1 aromatic carbocycles. The Bertz CT molecular complexity index is 1090. The number of halogens is 1. The maximum Gasteiger partial charge on any atom is 0.226 e. The second-order valence-electron chi connectivity index (χ2n) is 9.05. The summed E-state index contributed by atoms with van der Waals surface area (Å²) in [4.78, 5) is 21.9. The lowest BCUT2D eigenvalue weighted by molar-refractivity contribution is -0.133. The standard InChI is InChI=1S/C22H29FN4O3S2/c1-14(2)20-24-22(31-25-20)26-9-7-17(8-10-26)27-11-6-16(21(27)28)12-15-4-5-18(13-19(15)23)32(3,29)30/h4-5,13-14,16-17H,6-12H2,1-3H3/t16-/m0/s1. The molecule has 3 heterocycles. The Labute approximate surface area is 192 Å². The predicted molar refractivity (Wildman–Crippen MR) is 122 cm³/mol. The SMILES string of the molecule is CC(C)c1nsc(N2CCC(N3CC[C@@H](Cc4ccc(S(C)(=O)=O)cc4F)C3=O)CC2)n1. The van der Waals surface area contributed by atoms with Crippen LogP contribution in [-0.2, 0) is 21.1 Å². The third-order valence-electron chi connectivity index (χ3n) is 6.39. The molecule has 4 rings (SSSR count). The van der Waals surface area contributed by atoms with E-state index in [4.69, 9.17) is 0 Å². The van der Waals surface area contributed by atoms with E-state index >= 15 is 0 Å². The molecule has 0 radical (unpaired) electrons. The van der Waals surface area contributed by atoms with Crippen LogP contribution in [0.1, 0.15) is 50.4 Å². The molecule has 1 atom stereocenters. The Morgan fingerprint density at radius 2 is 1.91 bits per heavy atom. The Morgan fingerprint density at radius 3 is 2.50 bits per heavy atom. The van der Waals surface area contributed by atoms with Crippen molar-refractivity contribution in [2.75, 3.05) is 30.8 Å². The van der Waals surface area contributed by atoms with E-state index in [1.165, 1.54) is 23.7 Å². The molecule has 0 aliphatic carbocycles. The van der Waals surface area contributed by atoms with Crippen molar-refractivity contribution in [2.24, 2.45) is 5.92 Å². The molecule has 0 N–H and O–H groups in total. The Hall–Kier alpha value is -2.07. The Morgan fingerprint density at radius 1 is 1.19 bits per heavy atom. The highest BCUT2D eigenvalue weighted by atomic mass is 32.2. The van der Waals surface area contributed by atoms with Crippen molar-refractivity contribution in [1.82, 2.24) is 14.3 Å². The number of rotatable bonds is 6. The van der Waals surface area contributed by atoms with Gasteiger partial charge in [0.15, 0.2) is 9.84 Å². The van der Waals surface area contributed by atoms with Gasteiger partial charge in [-0.1, -0.05) is 19.9 Å². The van der Waals surface area contributed by atoms with E-state index in [9.17, 15) is 17.6 Å². The summed E-state index contributed by atoms with van der Waals surface area (Å²) < 4.78 is 42.1. The van der Waals surface area contributed by atoms with Gasteiger partial charge in [-0.15, -0.1) is 0 Å². The van der Waals surface area contributed by atoms with Gasteiger partial charge in [-0.2, -0.15) is 4.37 Å². The number of hydrogen-bond donors (Lipinski definition) is 0. The van der Waals surface area contributed by atoms with Gasteiger partial charge in [-0.3, -0.25) is 4.79 Å². The number of likely N-dealkylation sites (tertiary alicyclic amines) is 1. The van der Waals surface area contributed by atoms with Gasteiger partial charge in [-0.05, 0) is 43.4 Å². The van der Waals surface area contributed by atoms with Gasteiger partial charge >= 0.3 is 0 Å². The third kappa shape index (κ3) is 4.80. The van der Waals surface area contributed by atoms with Crippen molar-refractivity contribution in [3.63, 3.8) is 0 Å². The van der Waals surface area contributed by atoms with Crippen LogP contribution in [0.2, 0.25) is 0 Å². The van der Waals surface area contributed by atoms with Gasteiger partial charge < -0.3 is 9.80 Å². The van der Waals surface area contributed by atoms with Crippen LogP contribution in [0.15, 0.2) is 23.1 Å². The summed E-state index contributed by atoms with van der Waals surface area (Å²) in [5.41, 5.74) is 0.393. The first kappa shape index (κ1) is 23.1. The molecular weight excluding hydrogens is 451 g/mol. The number of amides is 1. The van der Waals surface area contributed by atoms with Crippen LogP contribution >= 0.6 is 11.5 Å². The molecule has 2 fully saturated rings. The fraction of sp³-hybridized carbons (Fsp3) is 0.591. The molecule has 32 heavy (non-hydrogen) atoms. The average Bonchev–Trinajstić information content (AvgIpc) is 3.37. The number of nitrogens with zero attached hydrogens (tertiary/aromatic N) is 4. The molecule has 7 nitrogen and oxygen atoms in total. The van der Waals surface area contributed by atoms with Gasteiger partial charge in [-0.25, -0.2) is 17.8 Å². The highest BCUT2D eigenvalue weighted by Gasteiger charge is 2.37. The molecule has 2 saturated heterocycles. The minimum Gasteiger partial charge on any atom is -0.347 e. The molecule has 10 heteroatoms. The molecule has 1 aromatic heterocycles. The highest BCUT2D eigenvalue weighted by Crippen LogP contribution is 2.31. The van der Waals surface area contributed by atoms with Gasteiger partial charge in [0.2, 0.25) is 11.0 Å². The minimum atomic E-state index is -3.46. The van der Waals surface area contributed by atoms with E-state index in [0.29, 0.717) is 30.9 Å². The maximum absolute atomic E-state index is 14.5. The van der Waals surface area contributed by atoms with E-state index in [0.717, 1.165) is 49.2 Å².